The van der Waals surface area contributed by atoms with Crippen molar-refractivity contribution in [1.29, 1.82) is 0 Å². The van der Waals surface area contributed by atoms with E-state index in [-0.39, 0.29) is 23.6 Å². The number of rotatable bonds is 7. The van der Waals surface area contributed by atoms with Gasteiger partial charge in [-0.1, -0.05) is 30.3 Å². The fourth-order valence-electron chi connectivity index (χ4n) is 3.33. The van der Waals surface area contributed by atoms with Crippen molar-refractivity contribution in [3.05, 3.63) is 60.2 Å². The summed E-state index contributed by atoms with van der Waals surface area (Å²) in [6.07, 6.45) is 2.62. The first-order valence-corrected chi connectivity index (χ1v) is 9.35. The maximum absolute atomic E-state index is 12.1. The Bertz CT molecular complexity index is 815. The molecule has 1 atom stereocenters. The standard InChI is InChI=1S/C22H24N2O3/c1-16-10-15-22(27)24(16)19-13-11-18(12-14-19)23-21(26)9-5-8-20(25)17-6-3-2-4-7-17/h2-4,6-7,11-14,16H,5,8-10,15H2,1H3,(H,23,26). The summed E-state index contributed by atoms with van der Waals surface area (Å²) in [6, 6.07) is 16.6. The molecule has 2 aromatic rings. The Morgan fingerprint density at radius 2 is 1.74 bits per heavy atom. The van der Waals surface area contributed by atoms with Gasteiger partial charge in [-0.05, 0) is 44.0 Å². The molecule has 5 heteroatoms. The molecule has 140 valence electrons. The topological polar surface area (TPSA) is 66.5 Å². The number of Topliss-reactive ketones (excluding diaryl/α,β-unsaturated/α-hetero) is 1. The molecule has 27 heavy (non-hydrogen) atoms. The molecule has 0 aliphatic carbocycles. The molecule has 3 rings (SSSR count). The highest BCUT2D eigenvalue weighted by Crippen LogP contribution is 2.27. The second-order valence-corrected chi connectivity index (χ2v) is 6.89. The number of benzene rings is 2. The van der Waals surface area contributed by atoms with E-state index < -0.39 is 0 Å². The van der Waals surface area contributed by atoms with E-state index in [0.29, 0.717) is 36.9 Å². The third kappa shape index (κ3) is 4.82. The number of amides is 2. The lowest BCUT2D eigenvalue weighted by molar-refractivity contribution is -0.117. The van der Waals surface area contributed by atoms with Gasteiger partial charge in [-0.3, -0.25) is 14.4 Å². The van der Waals surface area contributed by atoms with Gasteiger partial charge in [-0.25, -0.2) is 0 Å². The number of anilines is 2. The van der Waals surface area contributed by atoms with Crippen LogP contribution in [-0.2, 0) is 9.59 Å². The van der Waals surface area contributed by atoms with Crippen molar-refractivity contribution >= 4 is 29.0 Å². The predicted octanol–water partition coefficient (Wildman–Crippen LogP) is 4.19. The second-order valence-electron chi connectivity index (χ2n) is 6.89. The molecular weight excluding hydrogens is 340 g/mol. The second kappa shape index (κ2) is 8.62. The number of hydrogen-bond acceptors (Lipinski definition) is 3. The molecule has 1 fully saturated rings. The highest BCUT2D eigenvalue weighted by molar-refractivity contribution is 5.97. The largest absolute Gasteiger partial charge is 0.326 e. The zero-order valence-corrected chi connectivity index (χ0v) is 15.5. The molecule has 0 bridgehead atoms. The van der Waals surface area contributed by atoms with Crippen LogP contribution in [0.25, 0.3) is 0 Å². The molecule has 0 spiro atoms. The van der Waals surface area contributed by atoms with E-state index in [4.69, 9.17) is 0 Å². The summed E-state index contributed by atoms with van der Waals surface area (Å²) >= 11 is 0. The Hall–Kier alpha value is -2.95. The third-order valence-corrected chi connectivity index (χ3v) is 4.82. The zero-order chi connectivity index (χ0) is 19.2. The molecule has 0 aromatic heterocycles. The number of ketones is 1. The molecule has 1 aliphatic rings. The Morgan fingerprint density at radius 1 is 1.04 bits per heavy atom. The molecule has 1 saturated heterocycles. The Morgan fingerprint density at radius 3 is 2.37 bits per heavy atom. The summed E-state index contributed by atoms with van der Waals surface area (Å²) in [5, 5.41) is 2.84. The van der Waals surface area contributed by atoms with E-state index in [0.717, 1.165) is 12.1 Å². The van der Waals surface area contributed by atoms with Crippen LogP contribution in [0, 0.1) is 0 Å². The summed E-state index contributed by atoms with van der Waals surface area (Å²) in [7, 11) is 0. The van der Waals surface area contributed by atoms with Crippen LogP contribution >= 0.6 is 0 Å². The first-order valence-electron chi connectivity index (χ1n) is 9.35. The quantitative estimate of drug-likeness (QED) is 0.749. The molecule has 1 unspecified atom stereocenters. The van der Waals surface area contributed by atoms with Gasteiger partial charge in [0.15, 0.2) is 5.78 Å². The zero-order valence-electron chi connectivity index (χ0n) is 15.5. The lowest BCUT2D eigenvalue weighted by Gasteiger charge is -2.21. The van der Waals surface area contributed by atoms with E-state index in [1.807, 2.05) is 37.3 Å². The van der Waals surface area contributed by atoms with Crippen LogP contribution in [0.5, 0.6) is 0 Å². The number of hydrogen-bond donors (Lipinski definition) is 1. The van der Waals surface area contributed by atoms with Crippen molar-refractivity contribution in [1.82, 2.24) is 0 Å². The number of nitrogens with one attached hydrogen (secondary N) is 1. The van der Waals surface area contributed by atoms with Gasteiger partial charge < -0.3 is 10.2 Å². The van der Waals surface area contributed by atoms with E-state index >= 15 is 0 Å². The van der Waals surface area contributed by atoms with Gasteiger partial charge in [0, 0.05) is 42.2 Å². The first-order chi connectivity index (χ1) is 13.0. The third-order valence-electron chi connectivity index (χ3n) is 4.82. The van der Waals surface area contributed by atoms with Gasteiger partial charge in [0.05, 0.1) is 0 Å². The summed E-state index contributed by atoms with van der Waals surface area (Å²) in [4.78, 5) is 37.9. The van der Waals surface area contributed by atoms with Crippen molar-refractivity contribution in [2.45, 2.75) is 45.1 Å². The number of carbonyl (C=O) groups is 3. The number of nitrogens with zero attached hydrogens (tertiary/aromatic N) is 1. The van der Waals surface area contributed by atoms with Crippen LogP contribution in [0.4, 0.5) is 11.4 Å². The van der Waals surface area contributed by atoms with Crippen LogP contribution in [0.3, 0.4) is 0 Å². The number of carbonyl (C=O) groups excluding carboxylic acids is 3. The molecule has 1 N–H and O–H groups in total. The molecule has 2 amide bonds. The van der Waals surface area contributed by atoms with E-state index in [1.165, 1.54) is 0 Å². The summed E-state index contributed by atoms with van der Waals surface area (Å²) in [5.41, 5.74) is 2.23. The summed E-state index contributed by atoms with van der Waals surface area (Å²) in [6.45, 7) is 2.04. The van der Waals surface area contributed by atoms with Crippen molar-refractivity contribution in [3.8, 4) is 0 Å². The average molecular weight is 364 g/mol. The molecule has 0 radical (unpaired) electrons. The lowest BCUT2D eigenvalue weighted by Crippen LogP contribution is -2.30. The maximum atomic E-state index is 12.1. The van der Waals surface area contributed by atoms with Crippen LogP contribution < -0.4 is 10.2 Å². The Labute approximate surface area is 159 Å². The molecule has 5 nitrogen and oxygen atoms in total. The van der Waals surface area contributed by atoms with Gasteiger partial charge in [0.2, 0.25) is 11.8 Å². The highest BCUT2D eigenvalue weighted by Gasteiger charge is 2.28. The molecule has 1 heterocycles. The van der Waals surface area contributed by atoms with Crippen LogP contribution in [0.2, 0.25) is 0 Å². The van der Waals surface area contributed by atoms with Crippen molar-refractivity contribution in [3.63, 3.8) is 0 Å². The SMILES string of the molecule is CC1CCC(=O)N1c1ccc(NC(=O)CCCC(=O)c2ccccc2)cc1. The summed E-state index contributed by atoms with van der Waals surface area (Å²) in [5.74, 6) is 0.0775. The van der Waals surface area contributed by atoms with Crippen molar-refractivity contribution < 1.29 is 14.4 Å². The van der Waals surface area contributed by atoms with Crippen LogP contribution in [0.1, 0.15) is 49.4 Å². The first kappa shape index (κ1) is 18.8. The fraction of sp³-hybridized carbons (Fsp3) is 0.318. The highest BCUT2D eigenvalue weighted by atomic mass is 16.2. The Kier molecular flexibility index (Phi) is 6.01. The smallest absolute Gasteiger partial charge is 0.227 e. The van der Waals surface area contributed by atoms with Gasteiger partial charge >= 0.3 is 0 Å². The minimum Gasteiger partial charge on any atom is -0.326 e. The molecular formula is C22H24N2O3. The van der Waals surface area contributed by atoms with Gasteiger partial charge in [0.1, 0.15) is 0 Å². The van der Waals surface area contributed by atoms with E-state index in [1.54, 1.807) is 29.2 Å². The minimum atomic E-state index is -0.116. The van der Waals surface area contributed by atoms with Crippen LogP contribution in [0.15, 0.2) is 54.6 Å². The molecule has 2 aromatic carbocycles. The van der Waals surface area contributed by atoms with Crippen molar-refractivity contribution in [2.24, 2.45) is 0 Å². The lowest BCUT2D eigenvalue weighted by atomic mass is 10.1. The molecule has 1 aliphatic heterocycles. The van der Waals surface area contributed by atoms with Gasteiger partial charge in [-0.2, -0.15) is 0 Å². The average Bonchev–Trinajstić information content (AvgIpc) is 3.01. The van der Waals surface area contributed by atoms with E-state index in [9.17, 15) is 14.4 Å². The maximum Gasteiger partial charge on any atom is 0.227 e. The normalized spacial score (nSPS) is 16.4. The monoisotopic (exact) mass is 364 g/mol. The Balaban J connectivity index is 1.47. The van der Waals surface area contributed by atoms with Gasteiger partial charge in [-0.15, -0.1) is 0 Å². The predicted molar refractivity (Wildman–Crippen MR) is 106 cm³/mol. The van der Waals surface area contributed by atoms with Crippen molar-refractivity contribution in [2.75, 3.05) is 10.2 Å². The van der Waals surface area contributed by atoms with Crippen LogP contribution in [-0.4, -0.2) is 23.6 Å². The van der Waals surface area contributed by atoms with Gasteiger partial charge in [0.25, 0.3) is 0 Å². The minimum absolute atomic E-state index is 0.0529. The summed E-state index contributed by atoms with van der Waals surface area (Å²) < 4.78 is 0. The fourth-order valence-corrected chi connectivity index (χ4v) is 3.33. The van der Waals surface area contributed by atoms with E-state index in [2.05, 4.69) is 5.32 Å². The molecule has 0 saturated carbocycles.